The van der Waals surface area contributed by atoms with E-state index in [0.717, 1.165) is 12.8 Å². The Morgan fingerprint density at radius 2 is 2.05 bits per heavy atom. The highest BCUT2D eigenvalue weighted by atomic mass is 16.3. The lowest BCUT2D eigenvalue weighted by Gasteiger charge is -2.10. The summed E-state index contributed by atoms with van der Waals surface area (Å²) in [5.74, 6) is 0.866. The van der Waals surface area contributed by atoms with Crippen molar-refractivity contribution in [2.24, 2.45) is 0 Å². The van der Waals surface area contributed by atoms with Crippen LogP contribution in [0.15, 0.2) is 51.9 Å². The molecule has 2 heterocycles. The lowest BCUT2D eigenvalue weighted by molar-refractivity contribution is 0.585. The minimum absolute atomic E-state index is 0.134. The molecule has 3 rings (SSSR count). The normalized spacial score (nSPS) is 12.7. The van der Waals surface area contributed by atoms with Gasteiger partial charge < -0.3 is 9.40 Å². The Balaban J connectivity index is 1.78. The van der Waals surface area contributed by atoms with Crippen LogP contribution >= 0.6 is 0 Å². The molecule has 0 fully saturated rings. The standard InChI is InChI=1S/C16H16N2O2/c1-11(7-8-12-5-3-2-4-6-12)14-17-15(19)13-9-10-20-16(13)18-14/h2-6,9-11H,7-8H2,1H3,(H,17,18,19). The highest BCUT2D eigenvalue weighted by Gasteiger charge is 2.12. The molecule has 0 aliphatic rings. The Morgan fingerprint density at radius 1 is 1.25 bits per heavy atom. The van der Waals surface area contributed by atoms with E-state index >= 15 is 0 Å². The van der Waals surface area contributed by atoms with Crippen molar-refractivity contribution in [3.05, 3.63) is 64.4 Å². The second kappa shape index (κ2) is 5.33. The molecule has 0 radical (unpaired) electrons. The average molecular weight is 268 g/mol. The van der Waals surface area contributed by atoms with Gasteiger partial charge in [0.2, 0.25) is 5.71 Å². The summed E-state index contributed by atoms with van der Waals surface area (Å²) in [6.45, 7) is 2.07. The molecule has 0 aliphatic carbocycles. The van der Waals surface area contributed by atoms with Gasteiger partial charge in [-0.25, -0.2) is 0 Å². The number of aromatic nitrogens is 2. The molecule has 20 heavy (non-hydrogen) atoms. The second-order valence-corrected chi connectivity index (χ2v) is 5.02. The smallest absolute Gasteiger partial charge is 0.262 e. The Labute approximate surface area is 116 Å². The van der Waals surface area contributed by atoms with Crippen LogP contribution in [0.3, 0.4) is 0 Å². The monoisotopic (exact) mass is 268 g/mol. The fraction of sp³-hybridized carbons (Fsp3) is 0.250. The summed E-state index contributed by atoms with van der Waals surface area (Å²) in [6, 6.07) is 11.9. The predicted octanol–water partition coefficient (Wildman–Crippen LogP) is 3.25. The maximum absolute atomic E-state index is 11.9. The zero-order valence-corrected chi connectivity index (χ0v) is 11.3. The molecule has 102 valence electrons. The molecular formula is C16H16N2O2. The summed E-state index contributed by atoms with van der Waals surface area (Å²) in [4.78, 5) is 19.1. The number of fused-ring (bicyclic) bond motifs is 1. The zero-order valence-electron chi connectivity index (χ0n) is 11.3. The zero-order chi connectivity index (χ0) is 13.9. The minimum atomic E-state index is -0.134. The molecule has 1 atom stereocenters. The minimum Gasteiger partial charge on any atom is -0.446 e. The van der Waals surface area contributed by atoms with Gasteiger partial charge in [0.25, 0.3) is 5.56 Å². The molecule has 0 aliphatic heterocycles. The molecule has 1 N–H and O–H groups in total. The number of aromatic amines is 1. The van der Waals surface area contributed by atoms with Gasteiger partial charge in [-0.15, -0.1) is 0 Å². The molecule has 0 saturated heterocycles. The largest absolute Gasteiger partial charge is 0.446 e. The Morgan fingerprint density at radius 3 is 2.85 bits per heavy atom. The van der Waals surface area contributed by atoms with E-state index in [4.69, 9.17) is 4.42 Å². The van der Waals surface area contributed by atoms with Crippen molar-refractivity contribution in [1.82, 2.24) is 9.97 Å². The lowest BCUT2D eigenvalue weighted by Crippen LogP contribution is -2.13. The number of furan rings is 1. The Hall–Kier alpha value is -2.36. The van der Waals surface area contributed by atoms with Crippen LogP contribution in [-0.2, 0) is 6.42 Å². The number of hydrogen-bond donors (Lipinski definition) is 1. The number of nitrogens with one attached hydrogen (secondary N) is 1. The van der Waals surface area contributed by atoms with Crippen molar-refractivity contribution < 1.29 is 4.42 Å². The van der Waals surface area contributed by atoms with E-state index in [0.29, 0.717) is 16.9 Å². The molecule has 2 aromatic heterocycles. The summed E-state index contributed by atoms with van der Waals surface area (Å²) in [5, 5.41) is 0.504. The SMILES string of the molecule is CC(CCc1ccccc1)c1nc2occc2c(=O)[nH]1. The maximum atomic E-state index is 11.9. The van der Waals surface area contributed by atoms with E-state index < -0.39 is 0 Å². The van der Waals surface area contributed by atoms with Crippen LogP contribution in [-0.4, -0.2) is 9.97 Å². The molecule has 4 heteroatoms. The highest BCUT2D eigenvalue weighted by molar-refractivity contribution is 5.71. The molecule has 3 aromatic rings. The fourth-order valence-corrected chi connectivity index (χ4v) is 2.28. The predicted molar refractivity (Wildman–Crippen MR) is 77.8 cm³/mol. The third kappa shape index (κ3) is 2.50. The van der Waals surface area contributed by atoms with E-state index in [-0.39, 0.29) is 11.5 Å². The molecule has 0 bridgehead atoms. The number of hydrogen-bond acceptors (Lipinski definition) is 3. The Kier molecular flexibility index (Phi) is 3.37. The topological polar surface area (TPSA) is 58.9 Å². The van der Waals surface area contributed by atoms with Gasteiger partial charge in [-0.1, -0.05) is 37.3 Å². The van der Waals surface area contributed by atoms with Crippen molar-refractivity contribution in [2.75, 3.05) is 0 Å². The van der Waals surface area contributed by atoms with Gasteiger partial charge in [0.15, 0.2) is 0 Å². The van der Waals surface area contributed by atoms with Gasteiger partial charge in [0.05, 0.1) is 6.26 Å². The van der Waals surface area contributed by atoms with Gasteiger partial charge in [0.1, 0.15) is 11.2 Å². The van der Waals surface area contributed by atoms with Crippen LogP contribution in [0.4, 0.5) is 0 Å². The fourth-order valence-electron chi connectivity index (χ4n) is 2.28. The van der Waals surface area contributed by atoms with E-state index in [1.54, 1.807) is 6.07 Å². The number of nitrogens with zero attached hydrogens (tertiary/aromatic N) is 1. The molecule has 0 amide bonds. The third-order valence-electron chi connectivity index (χ3n) is 3.53. The van der Waals surface area contributed by atoms with Gasteiger partial charge in [0, 0.05) is 5.92 Å². The van der Waals surface area contributed by atoms with Crippen molar-refractivity contribution >= 4 is 11.1 Å². The molecule has 4 nitrogen and oxygen atoms in total. The second-order valence-electron chi connectivity index (χ2n) is 5.02. The van der Waals surface area contributed by atoms with Crippen molar-refractivity contribution in [2.45, 2.75) is 25.7 Å². The maximum Gasteiger partial charge on any atom is 0.262 e. The Bertz CT molecular complexity index is 759. The van der Waals surface area contributed by atoms with Crippen LogP contribution in [0.25, 0.3) is 11.1 Å². The number of aryl methyl sites for hydroxylation is 1. The van der Waals surface area contributed by atoms with Crippen LogP contribution in [0.2, 0.25) is 0 Å². The van der Waals surface area contributed by atoms with Gasteiger partial charge in [-0.05, 0) is 24.5 Å². The summed E-state index contributed by atoms with van der Waals surface area (Å²) >= 11 is 0. The lowest BCUT2D eigenvalue weighted by atomic mass is 10.0. The van der Waals surface area contributed by atoms with Crippen molar-refractivity contribution in [3.63, 3.8) is 0 Å². The third-order valence-corrected chi connectivity index (χ3v) is 3.53. The van der Waals surface area contributed by atoms with Gasteiger partial charge in [-0.2, -0.15) is 4.98 Å². The first-order chi connectivity index (χ1) is 9.74. The van der Waals surface area contributed by atoms with E-state index in [1.807, 2.05) is 18.2 Å². The van der Waals surface area contributed by atoms with Crippen LogP contribution in [0.1, 0.15) is 30.7 Å². The quantitative estimate of drug-likeness (QED) is 0.790. The van der Waals surface area contributed by atoms with Crippen LogP contribution in [0.5, 0.6) is 0 Å². The first kappa shape index (κ1) is 12.7. The number of benzene rings is 1. The number of rotatable bonds is 4. The number of H-pyrrole nitrogens is 1. The first-order valence-electron chi connectivity index (χ1n) is 6.75. The van der Waals surface area contributed by atoms with Gasteiger partial charge >= 0.3 is 0 Å². The molecular weight excluding hydrogens is 252 g/mol. The van der Waals surface area contributed by atoms with Gasteiger partial charge in [-0.3, -0.25) is 4.79 Å². The summed E-state index contributed by atoms with van der Waals surface area (Å²) < 4.78 is 5.22. The van der Waals surface area contributed by atoms with Crippen molar-refractivity contribution in [3.8, 4) is 0 Å². The summed E-state index contributed by atoms with van der Waals surface area (Å²) in [6.07, 6.45) is 3.38. The molecule has 0 saturated carbocycles. The van der Waals surface area contributed by atoms with E-state index in [1.165, 1.54) is 11.8 Å². The summed E-state index contributed by atoms with van der Waals surface area (Å²) in [5.41, 5.74) is 1.57. The van der Waals surface area contributed by atoms with Crippen LogP contribution in [0, 0.1) is 0 Å². The molecule has 0 spiro atoms. The average Bonchev–Trinajstić information content (AvgIpc) is 2.95. The molecule has 1 unspecified atom stereocenters. The van der Waals surface area contributed by atoms with E-state index in [9.17, 15) is 4.79 Å². The first-order valence-corrected chi connectivity index (χ1v) is 6.75. The van der Waals surface area contributed by atoms with E-state index in [2.05, 4.69) is 29.0 Å². The highest BCUT2D eigenvalue weighted by Crippen LogP contribution is 2.19. The molecule has 1 aromatic carbocycles. The van der Waals surface area contributed by atoms with Crippen LogP contribution < -0.4 is 5.56 Å². The van der Waals surface area contributed by atoms with Crippen molar-refractivity contribution in [1.29, 1.82) is 0 Å². The summed E-state index contributed by atoms with van der Waals surface area (Å²) in [7, 11) is 0.